The average molecular weight is 195 g/mol. The summed E-state index contributed by atoms with van der Waals surface area (Å²) in [6, 6.07) is 3.94. The first kappa shape index (κ1) is 8.83. The van der Waals surface area contributed by atoms with Crippen LogP contribution >= 0.6 is 7.14 Å². The van der Waals surface area contributed by atoms with Crippen molar-refractivity contribution >= 4 is 12.6 Å². The van der Waals surface area contributed by atoms with Gasteiger partial charge in [-0.3, -0.25) is 0 Å². The molecule has 2 rings (SSSR count). The molecule has 0 saturated carbocycles. The molecular formula is C10H14NOP. The van der Waals surface area contributed by atoms with Crippen LogP contribution in [0.4, 0.5) is 0 Å². The molecule has 0 saturated heterocycles. The molecule has 13 heavy (non-hydrogen) atoms. The maximum Gasteiger partial charge on any atom is 0.138 e. The highest BCUT2D eigenvalue weighted by atomic mass is 31.2. The number of hydrogen-bond acceptors (Lipinski definition) is 1. The lowest BCUT2D eigenvalue weighted by atomic mass is 10.3. The molecule has 2 heterocycles. The van der Waals surface area contributed by atoms with Gasteiger partial charge in [0, 0.05) is 25.6 Å². The molecule has 1 aromatic rings. The van der Waals surface area contributed by atoms with Crippen LogP contribution in [0.3, 0.4) is 0 Å². The van der Waals surface area contributed by atoms with Crippen molar-refractivity contribution in [2.45, 2.75) is 6.92 Å². The maximum atomic E-state index is 12.4. The highest BCUT2D eigenvalue weighted by Gasteiger charge is 2.30. The van der Waals surface area contributed by atoms with Crippen molar-refractivity contribution in [2.24, 2.45) is 7.05 Å². The molecule has 3 heteroatoms. The summed E-state index contributed by atoms with van der Waals surface area (Å²) in [5.74, 6) is 0. The van der Waals surface area contributed by atoms with Gasteiger partial charge in [0.15, 0.2) is 0 Å². The lowest BCUT2D eigenvalue weighted by Crippen LogP contribution is -2.15. The summed E-state index contributed by atoms with van der Waals surface area (Å²) in [7, 11) is -0.137. The fourth-order valence-corrected chi connectivity index (χ4v) is 4.90. The molecule has 1 aliphatic rings. The summed E-state index contributed by atoms with van der Waals surface area (Å²) < 4.78 is 14.4. The third kappa shape index (κ3) is 1.40. The quantitative estimate of drug-likeness (QED) is 0.496. The van der Waals surface area contributed by atoms with Crippen molar-refractivity contribution in [1.82, 2.24) is 4.57 Å². The predicted molar refractivity (Wildman–Crippen MR) is 56.1 cm³/mol. The second-order valence-electron chi connectivity index (χ2n) is 3.76. The highest BCUT2D eigenvalue weighted by Crippen LogP contribution is 2.50. The minimum atomic E-state index is -2.10. The summed E-state index contributed by atoms with van der Waals surface area (Å²) in [6.07, 6.45) is 5.58. The molecule has 2 nitrogen and oxygen atoms in total. The van der Waals surface area contributed by atoms with E-state index < -0.39 is 7.14 Å². The summed E-state index contributed by atoms with van der Waals surface area (Å²) in [5.41, 5.74) is 2.28. The van der Waals surface area contributed by atoms with Gasteiger partial charge in [0.2, 0.25) is 0 Å². The number of aromatic nitrogens is 1. The minimum absolute atomic E-state index is 0.747. The zero-order valence-corrected chi connectivity index (χ0v) is 8.92. The van der Waals surface area contributed by atoms with Crippen molar-refractivity contribution in [3.05, 3.63) is 30.0 Å². The van der Waals surface area contributed by atoms with Crippen LogP contribution in [0.5, 0.6) is 0 Å². The molecule has 0 amide bonds. The van der Waals surface area contributed by atoms with Gasteiger partial charge in [-0.25, -0.2) is 0 Å². The van der Waals surface area contributed by atoms with Gasteiger partial charge < -0.3 is 9.13 Å². The van der Waals surface area contributed by atoms with Crippen LogP contribution in [0.15, 0.2) is 30.0 Å². The van der Waals surface area contributed by atoms with E-state index in [1.165, 1.54) is 5.57 Å². The lowest BCUT2D eigenvalue weighted by Gasteiger charge is -2.12. The van der Waals surface area contributed by atoms with Gasteiger partial charge in [0.25, 0.3) is 0 Å². The molecule has 0 aromatic carbocycles. The zero-order chi connectivity index (χ0) is 9.47. The van der Waals surface area contributed by atoms with Gasteiger partial charge in [0.1, 0.15) is 7.14 Å². The Bertz CT molecular complexity index is 403. The normalized spacial score (nSPS) is 27.7. The second kappa shape index (κ2) is 2.88. The van der Waals surface area contributed by atoms with Gasteiger partial charge >= 0.3 is 0 Å². The van der Waals surface area contributed by atoms with E-state index in [0.29, 0.717) is 0 Å². The monoisotopic (exact) mass is 195 g/mol. The van der Waals surface area contributed by atoms with E-state index in [2.05, 4.69) is 13.0 Å². The molecule has 70 valence electrons. The van der Waals surface area contributed by atoms with E-state index >= 15 is 0 Å². The molecule has 0 N–H and O–H groups in total. The molecule has 1 aromatic heterocycles. The van der Waals surface area contributed by atoms with Crippen LogP contribution in [0.25, 0.3) is 0 Å². The summed E-state index contributed by atoms with van der Waals surface area (Å²) in [4.78, 5) is 0. The lowest BCUT2D eigenvalue weighted by molar-refractivity contribution is 0.584. The number of aryl methyl sites for hydroxylation is 1. The van der Waals surface area contributed by atoms with Crippen molar-refractivity contribution in [3.63, 3.8) is 0 Å². The average Bonchev–Trinajstić information content (AvgIpc) is 2.59. The number of rotatable bonds is 1. The van der Waals surface area contributed by atoms with Gasteiger partial charge in [-0.1, -0.05) is 11.6 Å². The van der Waals surface area contributed by atoms with Crippen molar-refractivity contribution in [3.8, 4) is 0 Å². The maximum absolute atomic E-state index is 12.4. The van der Waals surface area contributed by atoms with Crippen LogP contribution in [-0.4, -0.2) is 16.9 Å². The standard InChI is InChI=1S/C10H14NOP/c1-9-5-7-13(12,8-9)10-4-3-6-11(10)2/h3-6H,7-8H2,1-2H3. The Balaban J connectivity index is 2.39. The number of hydrogen-bond donors (Lipinski definition) is 0. The Morgan fingerprint density at radius 2 is 2.31 bits per heavy atom. The van der Waals surface area contributed by atoms with Gasteiger partial charge in [-0.2, -0.15) is 0 Å². The largest absolute Gasteiger partial charge is 0.348 e. The van der Waals surface area contributed by atoms with E-state index in [9.17, 15) is 4.57 Å². The van der Waals surface area contributed by atoms with E-state index in [1.54, 1.807) is 0 Å². The smallest absolute Gasteiger partial charge is 0.138 e. The Hall–Kier alpha value is -0.750. The molecule has 0 fully saturated rings. The Morgan fingerprint density at radius 3 is 2.77 bits per heavy atom. The molecule has 0 bridgehead atoms. The third-order valence-corrected chi connectivity index (χ3v) is 5.65. The molecule has 1 unspecified atom stereocenters. The molecule has 1 aliphatic heterocycles. The number of allylic oxidation sites excluding steroid dienone is 2. The van der Waals surface area contributed by atoms with Crippen LogP contribution in [0, 0.1) is 0 Å². The topological polar surface area (TPSA) is 22.0 Å². The molecule has 0 spiro atoms. The first-order chi connectivity index (χ1) is 6.12. The Morgan fingerprint density at radius 1 is 1.54 bits per heavy atom. The van der Waals surface area contributed by atoms with Crippen molar-refractivity contribution < 1.29 is 4.57 Å². The van der Waals surface area contributed by atoms with Crippen molar-refractivity contribution in [1.29, 1.82) is 0 Å². The van der Waals surface area contributed by atoms with Crippen LogP contribution in [-0.2, 0) is 11.6 Å². The zero-order valence-electron chi connectivity index (χ0n) is 8.03. The Labute approximate surface area is 78.6 Å². The minimum Gasteiger partial charge on any atom is -0.348 e. The summed E-state index contributed by atoms with van der Waals surface area (Å²) in [5, 5.41) is 0. The Kier molecular flexibility index (Phi) is 1.96. The van der Waals surface area contributed by atoms with Gasteiger partial charge in [-0.15, -0.1) is 0 Å². The fourth-order valence-electron chi connectivity index (χ4n) is 1.89. The first-order valence-electron chi connectivity index (χ1n) is 4.47. The van der Waals surface area contributed by atoms with Crippen LogP contribution < -0.4 is 5.44 Å². The molecule has 1 atom stereocenters. The predicted octanol–water partition coefficient (Wildman–Crippen LogP) is 1.97. The van der Waals surface area contributed by atoms with E-state index in [1.807, 2.05) is 29.9 Å². The van der Waals surface area contributed by atoms with Crippen LogP contribution in [0.1, 0.15) is 6.92 Å². The number of nitrogens with zero attached hydrogens (tertiary/aromatic N) is 1. The second-order valence-corrected chi connectivity index (χ2v) is 6.68. The third-order valence-electron chi connectivity index (χ3n) is 2.57. The van der Waals surface area contributed by atoms with Crippen molar-refractivity contribution in [2.75, 3.05) is 12.3 Å². The van der Waals surface area contributed by atoms with E-state index in [0.717, 1.165) is 17.8 Å². The fraction of sp³-hybridized carbons (Fsp3) is 0.400. The molecular weight excluding hydrogens is 181 g/mol. The highest BCUT2D eigenvalue weighted by molar-refractivity contribution is 7.72. The first-order valence-corrected chi connectivity index (χ1v) is 6.55. The van der Waals surface area contributed by atoms with E-state index in [-0.39, 0.29) is 0 Å². The van der Waals surface area contributed by atoms with E-state index in [4.69, 9.17) is 0 Å². The summed E-state index contributed by atoms with van der Waals surface area (Å²) >= 11 is 0. The molecule has 0 radical (unpaired) electrons. The molecule has 0 aliphatic carbocycles. The van der Waals surface area contributed by atoms with Gasteiger partial charge in [-0.05, 0) is 19.1 Å². The SMILES string of the molecule is CC1=CCP(=O)(c2cccn2C)C1. The summed E-state index contributed by atoms with van der Waals surface area (Å²) in [6.45, 7) is 2.06. The van der Waals surface area contributed by atoms with Gasteiger partial charge in [0.05, 0.1) is 5.44 Å². The van der Waals surface area contributed by atoms with Crippen LogP contribution in [0.2, 0.25) is 0 Å².